The Morgan fingerprint density at radius 3 is 2.18 bits per heavy atom. The predicted molar refractivity (Wildman–Crippen MR) is 120 cm³/mol. The van der Waals surface area contributed by atoms with Crippen molar-refractivity contribution in [2.24, 2.45) is 11.8 Å². The molecular formula is C24H31NO9. The molecule has 1 amide bonds. The second-order valence-corrected chi connectivity index (χ2v) is 8.37. The van der Waals surface area contributed by atoms with Crippen molar-refractivity contribution in [3.05, 3.63) is 42.5 Å². The van der Waals surface area contributed by atoms with Gasteiger partial charge in [-0.1, -0.05) is 44.2 Å². The first-order valence-electron chi connectivity index (χ1n) is 11.2. The van der Waals surface area contributed by atoms with Crippen molar-refractivity contribution in [3.63, 3.8) is 0 Å². The minimum absolute atomic E-state index is 0.408. The molecule has 186 valence electrons. The van der Waals surface area contributed by atoms with Gasteiger partial charge in [-0.15, -0.1) is 0 Å². The van der Waals surface area contributed by atoms with Gasteiger partial charge in [-0.05, 0) is 25.0 Å². The van der Waals surface area contributed by atoms with Crippen LogP contribution in [0.1, 0.15) is 26.7 Å². The van der Waals surface area contributed by atoms with Crippen LogP contribution in [0.5, 0.6) is 0 Å². The first-order chi connectivity index (χ1) is 16.3. The molecule has 0 bridgehead atoms. The van der Waals surface area contributed by atoms with E-state index in [4.69, 9.17) is 23.7 Å². The zero-order valence-corrected chi connectivity index (χ0v) is 19.4. The summed E-state index contributed by atoms with van der Waals surface area (Å²) in [6.45, 7) is 2.86. The number of carbonyl (C=O) groups excluding carboxylic acids is 3. The molecule has 2 aliphatic rings. The van der Waals surface area contributed by atoms with E-state index in [2.05, 4.69) is 5.32 Å². The van der Waals surface area contributed by atoms with E-state index >= 15 is 0 Å². The van der Waals surface area contributed by atoms with E-state index in [9.17, 15) is 19.5 Å². The van der Waals surface area contributed by atoms with Gasteiger partial charge in [0.1, 0.15) is 6.10 Å². The Labute approximate surface area is 198 Å². The zero-order chi connectivity index (χ0) is 24.7. The Balaban J connectivity index is 1.92. The number of nitrogens with one attached hydrogen (secondary N) is 1. The number of anilines is 1. The predicted octanol–water partition coefficient (Wildman–Crippen LogP) is 2.41. The molecule has 0 unspecified atom stereocenters. The number of hydrogen-bond donors (Lipinski definition) is 2. The first kappa shape index (κ1) is 25.7. The van der Waals surface area contributed by atoms with Crippen LogP contribution in [0.2, 0.25) is 0 Å². The van der Waals surface area contributed by atoms with Crippen molar-refractivity contribution in [2.45, 2.75) is 57.4 Å². The number of benzene rings is 1. The van der Waals surface area contributed by atoms with E-state index in [1.165, 1.54) is 7.11 Å². The van der Waals surface area contributed by atoms with Gasteiger partial charge in [-0.25, -0.2) is 4.79 Å². The number of carbonyl (C=O) groups is 3. The largest absolute Gasteiger partial charge is 0.454 e. The lowest BCUT2D eigenvalue weighted by molar-refractivity contribution is -0.300. The lowest BCUT2D eigenvalue weighted by Gasteiger charge is -2.44. The number of allylic oxidation sites excluding steroid dienone is 2. The third kappa shape index (κ3) is 6.34. The molecule has 2 N–H and O–H groups in total. The summed E-state index contributed by atoms with van der Waals surface area (Å²) >= 11 is 0. The molecule has 1 aromatic carbocycles. The van der Waals surface area contributed by atoms with Gasteiger partial charge in [0.15, 0.2) is 24.6 Å². The van der Waals surface area contributed by atoms with Crippen molar-refractivity contribution in [1.82, 2.24) is 0 Å². The van der Waals surface area contributed by atoms with Crippen LogP contribution in [-0.2, 0) is 33.3 Å². The second kappa shape index (κ2) is 12.0. The van der Waals surface area contributed by atoms with Crippen molar-refractivity contribution in [1.29, 1.82) is 0 Å². The smallest absolute Gasteiger partial charge is 0.412 e. The average molecular weight is 478 g/mol. The highest BCUT2D eigenvalue weighted by atomic mass is 16.7. The molecule has 1 aromatic rings. The fourth-order valence-corrected chi connectivity index (χ4v) is 3.70. The number of esters is 2. The molecule has 2 heterocycles. The van der Waals surface area contributed by atoms with Gasteiger partial charge < -0.3 is 28.8 Å². The molecule has 0 spiro atoms. The molecule has 7 atom stereocenters. The summed E-state index contributed by atoms with van der Waals surface area (Å²) in [6.07, 6.45) is -2.41. The van der Waals surface area contributed by atoms with Gasteiger partial charge in [0.2, 0.25) is 0 Å². The Hall–Kier alpha value is -2.95. The zero-order valence-electron chi connectivity index (χ0n) is 19.4. The number of para-hydroxylation sites is 1. The minimum Gasteiger partial charge on any atom is -0.454 e. The van der Waals surface area contributed by atoms with Crippen LogP contribution in [0.3, 0.4) is 0 Å². The summed E-state index contributed by atoms with van der Waals surface area (Å²) in [7, 11) is 1.33. The van der Waals surface area contributed by atoms with Gasteiger partial charge in [0, 0.05) is 12.8 Å². The van der Waals surface area contributed by atoms with Crippen molar-refractivity contribution < 1.29 is 43.2 Å². The van der Waals surface area contributed by atoms with Gasteiger partial charge in [0.25, 0.3) is 0 Å². The number of fused-ring (bicyclic) bond motifs is 1. The van der Waals surface area contributed by atoms with Crippen LogP contribution in [-0.4, -0.2) is 67.6 Å². The summed E-state index contributed by atoms with van der Waals surface area (Å²) < 4.78 is 28.0. The highest BCUT2D eigenvalue weighted by molar-refractivity contribution is 5.84. The van der Waals surface area contributed by atoms with E-state index < -0.39 is 67.2 Å². The van der Waals surface area contributed by atoms with Crippen LogP contribution >= 0.6 is 0 Å². The molecule has 2 aliphatic heterocycles. The summed E-state index contributed by atoms with van der Waals surface area (Å²) in [5, 5.41) is 12.5. The molecular weight excluding hydrogens is 446 g/mol. The van der Waals surface area contributed by atoms with E-state index in [1.807, 2.05) is 12.2 Å². The standard InChI is InChI=1S/C24H31NO9/c1-14-9-7-8-10-15(2)22(28)33-20-19(32-21(14)27)18(17(13-26)31-23(20)30-3)34-24(29)25-16-11-5-4-6-12-16/h4-8,11-12,14-15,17-20,23,26H,9-10,13H2,1-3H3,(H,25,29)/t14-,15-,17-,18-,19+,20+,23+/m1/s1. The quantitative estimate of drug-likeness (QED) is 0.381. The lowest BCUT2D eigenvalue weighted by atomic mass is 9.97. The van der Waals surface area contributed by atoms with Crippen molar-refractivity contribution in [3.8, 4) is 0 Å². The molecule has 10 heteroatoms. The maximum atomic E-state index is 12.8. The van der Waals surface area contributed by atoms with E-state index in [0.29, 0.717) is 18.5 Å². The molecule has 3 rings (SSSR count). The Morgan fingerprint density at radius 1 is 1.03 bits per heavy atom. The lowest BCUT2D eigenvalue weighted by Crippen LogP contribution is -2.63. The maximum absolute atomic E-state index is 12.8. The third-order valence-corrected chi connectivity index (χ3v) is 5.72. The van der Waals surface area contributed by atoms with Crippen LogP contribution in [0.15, 0.2) is 42.5 Å². The number of aliphatic hydroxyl groups is 1. The summed E-state index contributed by atoms with van der Waals surface area (Å²) in [5.41, 5.74) is 0.479. The molecule has 0 saturated carbocycles. The Kier molecular flexibility index (Phi) is 9.03. The number of aliphatic hydroxyl groups excluding tert-OH is 1. The van der Waals surface area contributed by atoms with Gasteiger partial charge in [-0.2, -0.15) is 0 Å². The Morgan fingerprint density at radius 2 is 1.62 bits per heavy atom. The van der Waals surface area contributed by atoms with Crippen molar-refractivity contribution in [2.75, 3.05) is 19.0 Å². The van der Waals surface area contributed by atoms with E-state index in [0.717, 1.165) is 0 Å². The SMILES string of the molecule is CO[C@H]1O[C@H](CO)[C@@H](OC(=O)Nc2ccccc2)[C@@H]2OC(=O)[C@H](C)CC=CC[C@@H](C)C(=O)O[C@H]12. The third-order valence-electron chi connectivity index (χ3n) is 5.72. The van der Waals surface area contributed by atoms with Crippen molar-refractivity contribution >= 4 is 23.7 Å². The molecule has 10 nitrogen and oxygen atoms in total. The maximum Gasteiger partial charge on any atom is 0.412 e. The van der Waals surface area contributed by atoms with E-state index in [-0.39, 0.29) is 0 Å². The number of methoxy groups -OCH3 is 1. The summed E-state index contributed by atoms with van der Waals surface area (Å²) in [6, 6.07) is 8.60. The monoisotopic (exact) mass is 477 g/mol. The second-order valence-electron chi connectivity index (χ2n) is 8.37. The highest BCUT2D eigenvalue weighted by Gasteiger charge is 2.53. The normalized spacial score (nSPS) is 32.3. The minimum atomic E-state index is -1.28. The van der Waals surface area contributed by atoms with E-state index in [1.54, 1.807) is 44.2 Å². The number of rotatable bonds is 4. The van der Waals surface area contributed by atoms with Crippen LogP contribution in [0.4, 0.5) is 10.5 Å². The number of amides is 1. The van der Waals surface area contributed by atoms with Crippen LogP contribution in [0.25, 0.3) is 0 Å². The van der Waals surface area contributed by atoms with Crippen LogP contribution in [0, 0.1) is 11.8 Å². The first-order valence-corrected chi connectivity index (χ1v) is 11.2. The Bertz CT molecular complexity index is 874. The number of hydrogen-bond acceptors (Lipinski definition) is 9. The van der Waals surface area contributed by atoms with Gasteiger partial charge in [0.05, 0.1) is 18.4 Å². The number of ether oxygens (including phenoxy) is 5. The van der Waals surface area contributed by atoms with Crippen LogP contribution < -0.4 is 5.32 Å². The van der Waals surface area contributed by atoms with Gasteiger partial charge in [-0.3, -0.25) is 14.9 Å². The molecule has 1 saturated heterocycles. The molecule has 1 fully saturated rings. The summed E-state index contributed by atoms with van der Waals surface area (Å²) in [4.78, 5) is 38.2. The molecule has 0 radical (unpaired) electrons. The van der Waals surface area contributed by atoms with Gasteiger partial charge >= 0.3 is 18.0 Å². The molecule has 34 heavy (non-hydrogen) atoms. The average Bonchev–Trinajstić information content (AvgIpc) is 2.83. The highest BCUT2D eigenvalue weighted by Crippen LogP contribution is 2.31. The fraction of sp³-hybridized carbons (Fsp3) is 0.542. The molecule has 0 aromatic heterocycles. The topological polar surface area (TPSA) is 130 Å². The summed E-state index contributed by atoms with van der Waals surface area (Å²) in [5.74, 6) is -2.10. The fourth-order valence-electron chi connectivity index (χ4n) is 3.70. The molecule has 0 aliphatic carbocycles.